The minimum Gasteiger partial charge on any atom is -0.355 e. The van der Waals surface area contributed by atoms with Gasteiger partial charge in [0, 0.05) is 30.4 Å². The Hall–Kier alpha value is -2.97. The molecular weight excluding hydrogens is 402 g/mol. The molecule has 3 aromatic rings. The van der Waals surface area contributed by atoms with E-state index in [2.05, 4.69) is 10.5 Å². The Balaban J connectivity index is 1.49. The van der Waals surface area contributed by atoms with Crippen LogP contribution in [0.3, 0.4) is 0 Å². The second kappa shape index (κ2) is 8.41. The second-order valence-electron chi connectivity index (χ2n) is 7.28. The first-order valence-electron chi connectivity index (χ1n) is 9.89. The van der Waals surface area contributed by atoms with Gasteiger partial charge in [-0.25, -0.2) is 8.42 Å². The number of aromatic nitrogens is 1. The van der Waals surface area contributed by atoms with Crippen molar-refractivity contribution in [2.45, 2.75) is 26.3 Å². The van der Waals surface area contributed by atoms with Crippen LogP contribution in [0.15, 0.2) is 59.1 Å². The predicted molar refractivity (Wildman–Crippen MR) is 115 cm³/mol. The number of carbonyl (C=O) groups excluding carboxylic acids is 1. The molecule has 1 N–H and O–H groups in total. The predicted octanol–water partition coefficient (Wildman–Crippen LogP) is 3.69. The summed E-state index contributed by atoms with van der Waals surface area (Å²) < 4.78 is 31.6. The Bertz CT molecular complexity index is 1160. The van der Waals surface area contributed by atoms with Gasteiger partial charge < -0.3 is 9.84 Å². The standard InChI is InChI=1S/C22H23N3O4S/c1-2-12-30(27,28)25-11-10-16-8-9-19(13-18(16)15-25)23-22(26)20-14-21(29-24-20)17-6-4-3-5-7-17/h3-9,13-14H,2,10-12,15H2,1H3,(H,23,26). The number of amides is 1. The Kier molecular flexibility index (Phi) is 5.69. The van der Waals surface area contributed by atoms with Crippen molar-refractivity contribution < 1.29 is 17.7 Å². The maximum atomic E-state index is 12.6. The fourth-order valence-electron chi connectivity index (χ4n) is 3.55. The topological polar surface area (TPSA) is 92.5 Å². The van der Waals surface area contributed by atoms with Gasteiger partial charge in [-0.05, 0) is 36.1 Å². The van der Waals surface area contributed by atoms with Crippen LogP contribution in [-0.4, -0.2) is 36.1 Å². The number of hydrogen-bond donors (Lipinski definition) is 1. The van der Waals surface area contributed by atoms with Gasteiger partial charge in [0.1, 0.15) is 0 Å². The molecule has 1 amide bonds. The van der Waals surface area contributed by atoms with Crippen molar-refractivity contribution in [3.63, 3.8) is 0 Å². The monoisotopic (exact) mass is 425 g/mol. The summed E-state index contributed by atoms with van der Waals surface area (Å²) in [7, 11) is -3.26. The molecule has 1 aliphatic rings. The molecule has 0 radical (unpaired) electrons. The van der Waals surface area contributed by atoms with Gasteiger partial charge in [0.2, 0.25) is 10.0 Å². The summed E-state index contributed by atoms with van der Waals surface area (Å²) in [4.78, 5) is 12.6. The van der Waals surface area contributed by atoms with Crippen LogP contribution in [0.4, 0.5) is 5.69 Å². The zero-order valence-electron chi connectivity index (χ0n) is 16.7. The number of anilines is 1. The average molecular weight is 426 g/mol. The van der Waals surface area contributed by atoms with E-state index < -0.39 is 10.0 Å². The SMILES string of the molecule is CCCS(=O)(=O)N1CCc2ccc(NC(=O)c3cc(-c4ccccc4)on3)cc2C1. The highest BCUT2D eigenvalue weighted by Crippen LogP contribution is 2.25. The molecule has 4 rings (SSSR count). The molecule has 0 atom stereocenters. The number of nitrogens with one attached hydrogen (secondary N) is 1. The lowest BCUT2D eigenvalue weighted by Crippen LogP contribution is -2.37. The molecule has 0 spiro atoms. The lowest BCUT2D eigenvalue weighted by molar-refractivity contribution is 0.101. The third-order valence-electron chi connectivity index (χ3n) is 5.10. The maximum Gasteiger partial charge on any atom is 0.277 e. The van der Waals surface area contributed by atoms with E-state index in [1.54, 1.807) is 6.07 Å². The molecule has 2 aromatic carbocycles. The first kappa shape index (κ1) is 20.3. The number of sulfonamides is 1. The van der Waals surface area contributed by atoms with Gasteiger partial charge in [-0.2, -0.15) is 4.31 Å². The Morgan fingerprint density at radius 3 is 2.70 bits per heavy atom. The van der Waals surface area contributed by atoms with E-state index in [-0.39, 0.29) is 17.4 Å². The van der Waals surface area contributed by atoms with E-state index in [1.807, 2.05) is 55.5 Å². The number of carbonyl (C=O) groups is 1. The summed E-state index contributed by atoms with van der Waals surface area (Å²) in [5.41, 5.74) is 3.62. The summed E-state index contributed by atoms with van der Waals surface area (Å²) in [5, 5.41) is 6.69. The third kappa shape index (κ3) is 4.29. The van der Waals surface area contributed by atoms with Crippen LogP contribution in [0, 0.1) is 0 Å². The zero-order valence-corrected chi connectivity index (χ0v) is 17.5. The van der Waals surface area contributed by atoms with Crippen LogP contribution in [0.1, 0.15) is 35.0 Å². The number of rotatable bonds is 6. The van der Waals surface area contributed by atoms with Crippen LogP contribution >= 0.6 is 0 Å². The first-order valence-corrected chi connectivity index (χ1v) is 11.5. The molecule has 8 heteroatoms. The maximum absolute atomic E-state index is 12.6. The molecule has 0 bridgehead atoms. The molecule has 2 heterocycles. The van der Waals surface area contributed by atoms with E-state index in [1.165, 1.54) is 4.31 Å². The fourth-order valence-corrected chi connectivity index (χ4v) is 5.03. The van der Waals surface area contributed by atoms with Gasteiger partial charge in [-0.3, -0.25) is 4.79 Å². The lowest BCUT2D eigenvalue weighted by atomic mass is 10.0. The summed E-state index contributed by atoms with van der Waals surface area (Å²) in [6.45, 7) is 2.67. The van der Waals surface area contributed by atoms with Gasteiger partial charge in [-0.15, -0.1) is 0 Å². The van der Waals surface area contributed by atoms with Crippen LogP contribution in [0.25, 0.3) is 11.3 Å². The molecule has 30 heavy (non-hydrogen) atoms. The minimum atomic E-state index is -3.26. The van der Waals surface area contributed by atoms with Crippen LogP contribution in [-0.2, 0) is 23.0 Å². The first-order chi connectivity index (χ1) is 14.5. The van der Waals surface area contributed by atoms with Crippen LogP contribution < -0.4 is 5.32 Å². The van der Waals surface area contributed by atoms with E-state index in [4.69, 9.17) is 4.52 Å². The Labute approximate surface area is 175 Å². The normalized spacial score (nSPS) is 14.3. The van der Waals surface area contributed by atoms with Crippen molar-refractivity contribution in [3.8, 4) is 11.3 Å². The van der Waals surface area contributed by atoms with Gasteiger partial charge in [0.25, 0.3) is 5.91 Å². The fraction of sp³-hybridized carbons (Fsp3) is 0.273. The van der Waals surface area contributed by atoms with Crippen LogP contribution in [0.2, 0.25) is 0 Å². The lowest BCUT2D eigenvalue weighted by Gasteiger charge is -2.28. The number of nitrogens with zero attached hydrogens (tertiary/aromatic N) is 2. The molecule has 0 saturated carbocycles. The third-order valence-corrected chi connectivity index (χ3v) is 7.12. The minimum absolute atomic E-state index is 0.147. The summed E-state index contributed by atoms with van der Waals surface area (Å²) in [6, 6.07) is 16.6. The average Bonchev–Trinajstić information content (AvgIpc) is 3.24. The second-order valence-corrected chi connectivity index (χ2v) is 9.37. The molecule has 156 valence electrons. The summed E-state index contributed by atoms with van der Waals surface area (Å²) in [5.74, 6) is 0.282. The van der Waals surface area contributed by atoms with Gasteiger partial charge >= 0.3 is 0 Å². The molecule has 1 aromatic heterocycles. The molecule has 7 nitrogen and oxygen atoms in total. The smallest absolute Gasteiger partial charge is 0.277 e. The largest absolute Gasteiger partial charge is 0.355 e. The van der Waals surface area contributed by atoms with E-state index in [9.17, 15) is 13.2 Å². The van der Waals surface area contributed by atoms with Crippen LogP contribution in [0.5, 0.6) is 0 Å². The molecule has 1 aliphatic heterocycles. The molecule has 0 aliphatic carbocycles. The highest BCUT2D eigenvalue weighted by Gasteiger charge is 2.26. The van der Waals surface area contributed by atoms with Gasteiger partial charge in [0.15, 0.2) is 11.5 Å². The van der Waals surface area contributed by atoms with Gasteiger partial charge in [-0.1, -0.05) is 48.5 Å². The van der Waals surface area contributed by atoms with Crippen molar-refractivity contribution in [2.24, 2.45) is 0 Å². The quantitative estimate of drug-likeness (QED) is 0.650. The van der Waals surface area contributed by atoms with Gasteiger partial charge in [0.05, 0.1) is 5.75 Å². The van der Waals surface area contributed by atoms with Crippen molar-refractivity contribution in [3.05, 3.63) is 71.4 Å². The highest BCUT2D eigenvalue weighted by atomic mass is 32.2. The van der Waals surface area contributed by atoms with Crippen molar-refractivity contribution in [1.29, 1.82) is 0 Å². The van der Waals surface area contributed by atoms with E-state index >= 15 is 0 Å². The summed E-state index contributed by atoms with van der Waals surface area (Å²) >= 11 is 0. The number of hydrogen-bond acceptors (Lipinski definition) is 5. The molecule has 0 saturated heterocycles. The molecular formula is C22H23N3O4S. The number of benzene rings is 2. The summed E-state index contributed by atoms with van der Waals surface area (Å²) in [6.07, 6.45) is 1.25. The van der Waals surface area contributed by atoms with Crippen molar-refractivity contribution in [1.82, 2.24) is 9.46 Å². The van der Waals surface area contributed by atoms with Crippen molar-refractivity contribution >= 4 is 21.6 Å². The zero-order chi connectivity index (χ0) is 21.1. The molecule has 0 unspecified atom stereocenters. The number of fused-ring (bicyclic) bond motifs is 1. The van der Waals surface area contributed by atoms with E-state index in [0.717, 1.165) is 16.7 Å². The highest BCUT2D eigenvalue weighted by molar-refractivity contribution is 7.89. The van der Waals surface area contributed by atoms with E-state index in [0.29, 0.717) is 37.4 Å². The van der Waals surface area contributed by atoms with Crippen molar-refractivity contribution in [2.75, 3.05) is 17.6 Å². The Morgan fingerprint density at radius 1 is 1.13 bits per heavy atom. The molecule has 0 fully saturated rings. The Morgan fingerprint density at radius 2 is 1.93 bits per heavy atom.